The van der Waals surface area contributed by atoms with Crippen LogP contribution in [0.2, 0.25) is 0 Å². The van der Waals surface area contributed by atoms with E-state index >= 15 is 0 Å². The maximum absolute atomic E-state index is 14.9. The van der Waals surface area contributed by atoms with Crippen LogP contribution >= 0.6 is 0 Å². The molecule has 0 radical (unpaired) electrons. The standard InChI is InChI=1S/C38H43FN6O3/c1-5-27-29(39)10-9-24-17-26(46)18-31(34(24)27)42-16-11-28-30(21-42)40-36(48-23-38-12-7-14-44(38)15-8-13-38)41-35(28)43-20-25-19-37(3,4)32(22-43)45(25)33(47)6-2/h1,6,9-10,17-18,25,32,46H,2,7-8,11-16,19-23H2,3-4H3/t25-,32-/m0/s1. The molecule has 0 aliphatic carbocycles. The van der Waals surface area contributed by atoms with Gasteiger partial charge in [0.25, 0.3) is 0 Å². The summed E-state index contributed by atoms with van der Waals surface area (Å²) >= 11 is 0. The molecule has 1 amide bonds. The van der Waals surface area contributed by atoms with E-state index in [1.54, 1.807) is 18.2 Å². The number of halogens is 1. The molecule has 8 rings (SSSR count). The molecule has 2 aromatic carbocycles. The summed E-state index contributed by atoms with van der Waals surface area (Å²) in [6.07, 6.45) is 13.4. The lowest BCUT2D eigenvalue weighted by Gasteiger charge is -2.44. The number of amides is 1. The fraction of sp³-hybridized carbons (Fsp3) is 0.500. The van der Waals surface area contributed by atoms with E-state index in [4.69, 9.17) is 21.1 Å². The van der Waals surface area contributed by atoms with Crippen molar-refractivity contribution in [2.75, 3.05) is 49.1 Å². The highest BCUT2D eigenvalue weighted by molar-refractivity contribution is 6.00. The number of benzene rings is 2. The number of anilines is 2. The number of hydrogen-bond donors (Lipinski definition) is 1. The van der Waals surface area contributed by atoms with Crippen LogP contribution in [0.3, 0.4) is 0 Å². The second kappa shape index (κ2) is 11.4. The van der Waals surface area contributed by atoms with Gasteiger partial charge in [-0.05, 0) is 80.6 Å². The van der Waals surface area contributed by atoms with Crippen LogP contribution in [0.1, 0.15) is 62.8 Å². The zero-order valence-corrected chi connectivity index (χ0v) is 27.8. The first kappa shape index (κ1) is 30.9. The van der Waals surface area contributed by atoms with E-state index in [9.17, 15) is 14.3 Å². The number of ether oxygens (including phenoxy) is 1. The third-order valence-corrected chi connectivity index (χ3v) is 11.8. The largest absolute Gasteiger partial charge is 0.508 e. The Morgan fingerprint density at radius 1 is 1.17 bits per heavy atom. The zero-order chi connectivity index (χ0) is 33.4. The molecular formula is C38H43FN6O3. The number of hydrogen-bond acceptors (Lipinski definition) is 8. The van der Waals surface area contributed by atoms with Crippen LogP contribution in [0.15, 0.2) is 36.9 Å². The third kappa shape index (κ3) is 4.89. The lowest BCUT2D eigenvalue weighted by molar-refractivity contribution is -0.130. The molecule has 9 nitrogen and oxygen atoms in total. The van der Waals surface area contributed by atoms with Gasteiger partial charge in [0, 0.05) is 42.3 Å². The van der Waals surface area contributed by atoms with Crippen molar-refractivity contribution in [1.29, 1.82) is 0 Å². The fourth-order valence-electron chi connectivity index (χ4n) is 9.48. The van der Waals surface area contributed by atoms with E-state index in [2.05, 4.69) is 41.0 Å². The first-order valence-corrected chi connectivity index (χ1v) is 17.2. The molecule has 1 N–H and O–H groups in total. The van der Waals surface area contributed by atoms with Crippen molar-refractivity contribution in [1.82, 2.24) is 19.8 Å². The maximum Gasteiger partial charge on any atom is 0.318 e. The average Bonchev–Trinajstić information content (AvgIpc) is 3.70. The third-order valence-electron chi connectivity index (χ3n) is 11.8. The van der Waals surface area contributed by atoms with E-state index in [1.165, 1.54) is 25.0 Å². The second-order valence-corrected chi connectivity index (χ2v) is 15.0. The minimum atomic E-state index is -0.464. The molecule has 4 fully saturated rings. The van der Waals surface area contributed by atoms with E-state index in [1.807, 2.05) is 4.90 Å². The minimum Gasteiger partial charge on any atom is -0.508 e. The highest BCUT2D eigenvalue weighted by Gasteiger charge is 2.52. The first-order valence-electron chi connectivity index (χ1n) is 17.2. The second-order valence-electron chi connectivity index (χ2n) is 15.0. The van der Waals surface area contributed by atoms with Crippen LogP contribution in [0.25, 0.3) is 10.8 Å². The van der Waals surface area contributed by atoms with Gasteiger partial charge in [0.1, 0.15) is 24.0 Å². The number of rotatable bonds is 6. The van der Waals surface area contributed by atoms with Crippen LogP contribution in [0, 0.1) is 23.6 Å². The van der Waals surface area contributed by atoms with Crippen LogP contribution in [0.5, 0.6) is 11.8 Å². The lowest BCUT2D eigenvalue weighted by atomic mass is 9.84. The monoisotopic (exact) mass is 650 g/mol. The number of terminal acetylenes is 1. The number of carbonyl (C=O) groups excluding carboxylic acids is 1. The normalized spacial score (nSPS) is 24.0. The van der Waals surface area contributed by atoms with Crippen molar-refractivity contribution in [3.8, 4) is 24.1 Å². The van der Waals surface area contributed by atoms with Crippen LogP contribution in [0.4, 0.5) is 15.9 Å². The van der Waals surface area contributed by atoms with Gasteiger partial charge in [-0.3, -0.25) is 9.69 Å². The lowest BCUT2D eigenvalue weighted by Crippen LogP contribution is -2.57. The number of fused-ring (bicyclic) bond motifs is 5. The molecule has 0 saturated carbocycles. The molecule has 2 bridgehead atoms. The van der Waals surface area contributed by atoms with Crippen LogP contribution < -0.4 is 14.5 Å². The molecule has 3 aromatic rings. The van der Waals surface area contributed by atoms with E-state index in [0.717, 1.165) is 49.4 Å². The Morgan fingerprint density at radius 3 is 2.69 bits per heavy atom. The highest BCUT2D eigenvalue weighted by atomic mass is 19.1. The summed E-state index contributed by atoms with van der Waals surface area (Å²) in [5.74, 6) is 3.02. The van der Waals surface area contributed by atoms with Crippen molar-refractivity contribution in [3.63, 3.8) is 0 Å². The number of carbonyl (C=O) groups is 1. The summed E-state index contributed by atoms with van der Waals surface area (Å²) in [6, 6.07) is 6.73. The number of phenols is 1. The number of nitrogens with zero attached hydrogens (tertiary/aromatic N) is 6. The molecule has 10 heteroatoms. The van der Waals surface area contributed by atoms with Gasteiger partial charge < -0.3 is 24.5 Å². The Morgan fingerprint density at radius 2 is 1.96 bits per heavy atom. The van der Waals surface area contributed by atoms with Gasteiger partial charge in [-0.25, -0.2) is 4.39 Å². The highest BCUT2D eigenvalue weighted by Crippen LogP contribution is 2.46. The molecular weight excluding hydrogens is 607 g/mol. The summed E-state index contributed by atoms with van der Waals surface area (Å²) in [4.78, 5) is 32.2. The minimum absolute atomic E-state index is 0.0161. The van der Waals surface area contributed by atoms with E-state index < -0.39 is 5.82 Å². The summed E-state index contributed by atoms with van der Waals surface area (Å²) < 4.78 is 21.5. The summed E-state index contributed by atoms with van der Waals surface area (Å²) in [7, 11) is 0. The van der Waals surface area contributed by atoms with Crippen molar-refractivity contribution >= 4 is 28.2 Å². The molecule has 6 heterocycles. The molecule has 0 spiro atoms. The number of piperazine rings is 1. The van der Waals surface area contributed by atoms with Gasteiger partial charge >= 0.3 is 6.01 Å². The van der Waals surface area contributed by atoms with E-state index in [-0.39, 0.29) is 40.3 Å². The maximum atomic E-state index is 14.9. The Balaban J connectivity index is 1.18. The molecule has 2 atom stereocenters. The number of aromatic nitrogens is 2. The summed E-state index contributed by atoms with van der Waals surface area (Å²) in [5, 5.41) is 12.0. The van der Waals surface area contributed by atoms with Crippen molar-refractivity contribution in [3.05, 3.63) is 59.6 Å². The van der Waals surface area contributed by atoms with Gasteiger partial charge in [-0.2, -0.15) is 9.97 Å². The molecule has 0 unspecified atom stereocenters. The number of phenolic OH excluding ortho intramolecular Hbond substituents is 1. The Kier molecular flexibility index (Phi) is 7.33. The molecule has 1 aromatic heterocycles. The SMILES string of the molecule is C#Cc1c(F)ccc2cc(O)cc(N3CCc4c(nc(OCC56CCCN5CCC6)nc4N4C[C@@H]5CC(C)(C)[C@H](C4)N5C(=O)C=C)C3)c12. The van der Waals surface area contributed by atoms with Gasteiger partial charge in [0.05, 0.1) is 35.4 Å². The van der Waals surface area contributed by atoms with Gasteiger partial charge in [-0.15, -0.1) is 6.42 Å². The van der Waals surface area contributed by atoms with Gasteiger partial charge in [0.15, 0.2) is 0 Å². The van der Waals surface area contributed by atoms with Crippen molar-refractivity contribution in [2.45, 2.75) is 76.5 Å². The Bertz CT molecular complexity index is 1860. The smallest absolute Gasteiger partial charge is 0.318 e. The average molecular weight is 651 g/mol. The molecule has 5 aliphatic rings. The predicted octanol–water partition coefficient (Wildman–Crippen LogP) is 5.03. The van der Waals surface area contributed by atoms with Gasteiger partial charge in [-0.1, -0.05) is 32.4 Å². The summed E-state index contributed by atoms with van der Waals surface area (Å²) in [5.41, 5.74) is 2.76. The topological polar surface area (TPSA) is 85.3 Å². The molecule has 48 heavy (non-hydrogen) atoms. The van der Waals surface area contributed by atoms with Crippen molar-refractivity contribution in [2.24, 2.45) is 5.41 Å². The molecule has 5 aliphatic heterocycles. The predicted molar refractivity (Wildman–Crippen MR) is 184 cm³/mol. The van der Waals surface area contributed by atoms with Crippen LogP contribution in [-0.4, -0.2) is 87.7 Å². The molecule has 250 valence electrons. The van der Waals surface area contributed by atoms with Gasteiger partial charge in [0.2, 0.25) is 5.91 Å². The van der Waals surface area contributed by atoms with E-state index in [0.29, 0.717) is 61.7 Å². The van der Waals surface area contributed by atoms with Crippen LogP contribution in [-0.2, 0) is 17.8 Å². The quantitative estimate of drug-likeness (QED) is 0.294. The molecule has 4 saturated heterocycles. The Hall–Kier alpha value is -4.36. The number of aromatic hydroxyl groups is 1. The summed E-state index contributed by atoms with van der Waals surface area (Å²) in [6.45, 7) is 13.4. The zero-order valence-electron chi connectivity index (χ0n) is 27.8. The van der Waals surface area contributed by atoms with Crippen molar-refractivity contribution < 1.29 is 19.0 Å². The Labute approximate surface area is 281 Å². The first-order chi connectivity index (χ1) is 23.1. The fourth-order valence-corrected chi connectivity index (χ4v) is 9.48.